The van der Waals surface area contributed by atoms with Gasteiger partial charge in [0.15, 0.2) is 0 Å². The minimum absolute atomic E-state index is 0.208. The first kappa shape index (κ1) is 15.4. The van der Waals surface area contributed by atoms with Gasteiger partial charge in [0.25, 0.3) is 5.91 Å². The molecule has 0 radical (unpaired) electrons. The third kappa shape index (κ3) is 4.22. The van der Waals surface area contributed by atoms with Gasteiger partial charge >= 0.3 is 0 Å². The predicted octanol–water partition coefficient (Wildman–Crippen LogP) is 1.94. The van der Waals surface area contributed by atoms with E-state index >= 15 is 0 Å². The second-order valence-corrected chi connectivity index (χ2v) is 5.67. The smallest absolute Gasteiger partial charge is 0.253 e. The van der Waals surface area contributed by atoms with Crippen molar-refractivity contribution < 1.29 is 4.79 Å². The van der Waals surface area contributed by atoms with Gasteiger partial charge in [-0.3, -0.25) is 9.78 Å². The summed E-state index contributed by atoms with van der Waals surface area (Å²) in [5.41, 5.74) is 1.35. The molecule has 110 valence electrons. The zero-order valence-corrected chi connectivity index (χ0v) is 13.7. The lowest BCUT2D eigenvalue weighted by Gasteiger charge is -2.13. The highest BCUT2D eigenvalue weighted by Crippen LogP contribution is 2.11. The molecule has 0 fully saturated rings. The second kappa shape index (κ2) is 6.62. The Morgan fingerprint density at radius 3 is 2.71 bits per heavy atom. The van der Waals surface area contributed by atoms with E-state index in [1.807, 2.05) is 32.0 Å². The first-order chi connectivity index (χ1) is 9.95. The van der Waals surface area contributed by atoms with E-state index in [-0.39, 0.29) is 12.5 Å². The lowest BCUT2D eigenvalue weighted by molar-refractivity contribution is 0.0949. The fraction of sp³-hybridized carbons (Fsp3) is 0.286. The van der Waals surface area contributed by atoms with Gasteiger partial charge in [-0.15, -0.1) is 0 Å². The lowest BCUT2D eigenvalue weighted by Crippen LogP contribution is -2.25. The Hall–Kier alpha value is -2.02. The van der Waals surface area contributed by atoms with Crippen LogP contribution < -0.4 is 10.2 Å². The van der Waals surface area contributed by atoms with Gasteiger partial charge in [-0.2, -0.15) is 0 Å². The van der Waals surface area contributed by atoms with Gasteiger partial charge in [0.05, 0.1) is 12.1 Å². The molecule has 1 amide bonds. The number of rotatable bonds is 4. The summed E-state index contributed by atoms with van der Waals surface area (Å²) in [6.07, 6.45) is 3.15. The van der Waals surface area contributed by atoms with Crippen molar-refractivity contribution in [1.82, 2.24) is 20.3 Å². The van der Waals surface area contributed by atoms with Gasteiger partial charge in [-0.05, 0) is 28.9 Å². The average Bonchev–Trinajstić information content (AvgIpc) is 2.44. The first-order valence-electron chi connectivity index (χ1n) is 6.36. The Morgan fingerprint density at radius 2 is 2.05 bits per heavy atom. The van der Waals surface area contributed by atoms with Crippen molar-refractivity contribution in [1.29, 1.82) is 0 Å². The van der Waals surface area contributed by atoms with Crippen molar-refractivity contribution in [2.75, 3.05) is 19.0 Å². The molecule has 0 unspecified atom stereocenters. The van der Waals surface area contributed by atoms with Gasteiger partial charge in [0, 0.05) is 42.7 Å². The Morgan fingerprint density at radius 1 is 1.29 bits per heavy atom. The van der Waals surface area contributed by atoms with Crippen LogP contribution in [-0.4, -0.2) is 35.0 Å². The van der Waals surface area contributed by atoms with Crippen molar-refractivity contribution in [3.8, 4) is 0 Å². The lowest BCUT2D eigenvalue weighted by atomic mass is 10.2. The fourth-order valence-corrected chi connectivity index (χ4v) is 2.08. The number of aryl methyl sites for hydroxylation is 1. The maximum atomic E-state index is 12.0. The molecule has 2 aromatic heterocycles. The quantitative estimate of drug-likeness (QED) is 0.913. The molecule has 0 saturated carbocycles. The largest absolute Gasteiger partial charge is 0.363 e. The number of aromatic nitrogens is 3. The molecular formula is C14H16BrN5O. The number of pyridine rings is 1. The second-order valence-electron chi connectivity index (χ2n) is 4.75. The van der Waals surface area contributed by atoms with Crippen LogP contribution in [0.25, 0.3) is 0 Å². The maximum absolute atomic E-state index is 12.0. The van der Waals surface area contributed by atoms with E-state index in [2.05, 4.69) is 36.2 Å². The van der Waals surface area contributed by atoms with Crippen molar-refractivity contribution in [2.24, 2.45) is 0 Å². The predicted molar refractivity (Wildman–Crippen MR) is 84.2 cm³/mol. The first-order valence-corrected chi connectivity index (χ1v) is 7.15. The van der Waals surface area contributed by atoms with Crippen molar-refractivity contribution in [3.63, 3.8) is 0 Å². The number of carbonyl (C=O) groups is 1. The van der Waals surface area contributed by atoms with Crippen LogP contribution in [0.15, 0.2) is 29.0 Å². The summed E-state index contributed by atoms with van der Waals surface area (Å²) in [6, 6.07) is 3.61. The van der Waals surface area contributed by atoms with Gasteiger partial charge in [-0.1, -0.05) is 0 Å². The van der Waals surface area contributed by atoms with Crippen LogP contribution in [-0.2, 0) is 6.54 Å². The Labute approximate surface area is 131 Å². The number of nitrogens with zero attached hydrogens (tertiary/aromatic N) is 4. The summed E-state index contributed by atoms with van der Waals surface area (Å²) in [7, 11) is 3.83. The summed E-state index contributed by atoms with van der Waals surface area (Å²) in [6.45, 7) is 2.17. The molecule has 2 aromatic rings. The highest BCUT2D eigenvalue weighted by Gasteiger charge is 2.09. The number of nitrogens with one attached hydrogen (secondary N) is 1. The third-order valence-corrected chi connectivity index (χ3v) is 3.15. The van der Waals surface area contributed by atoms with Crippen molar-refractivity contribution in [3.05, 3.63) is 46.1 Å². The normalized spacial score (nSPS) is 10.3. The number of amides is 1. The topological polar surface area (TPSA) is 71.0 Å². The molecule has 0 saturated heterocycles. The Bertz CT molecular complexity index is 660. The summed E-state index contributed by atoms with van der Waals surface area (Å²) >= 11 is 3.29. The highest BCUT2D eigenvalue weighted by molar-refractivity contribution is 9.10. The number of hydrogen-bond donors (Lipinski definition) is 1. The van der Waals surface area contributed by atoms with E-state index < -0.39 is 0 Å². The number of carbonyl (C=O) groups excluding carboxylic acids is 1. The molecular weight excluding hydrogens is 334 g/mol. The van der Waals surface area contributed by atoms with Gasteiger partial charge < -0.3 is 10.2 Å². The van der Waals surface area contributed by atoms with Crippen LogP contribution >= 0.6 is 15.9 Å². The molecule has 0 spiro atoms. The summed E-state index contributed by atoms with van der Waals surface area (Å²) < 4.78 is 0.761. The molecule has 0 atom stereocenters. The standard InChI is InChI=1S/C14H16BrN5O/c1-9-4-13(20(2)3)19-12(18-9)8-17-14(21)10-5-11(15)7-16-6-10/h4-7H,8H2,1-3H3,(H,17,21). The summed E-state index contributed by atoms with van der Waals surface area (Å²) in [5.74, 6) is 1.19. The van der Waals surface area contributed by atoms with Crippen LogP contribution in [0.5, 0.6) is 0 Å². The molecule has 6 nitrogen and oxygen atoms in total. The van der Waals surface area contributed by atoms with Crippen LogP contribution in [0.4, 0.5) is 5.82 Å². The van der Waals surface area contributed by atoms with Crippen molar-refractivity contribution >= 4 is 27.7 Å². The van der Waals surface area contributed by atoms with Crippen LogP contribution in [0.1, 0.15) is 21.9 Å². The summed E-state index contributed by atoms with van der Waals surface area (Å²) in [5, 5.41) is 2.79. The molecule has 0 aliphatic rings. The SMILES string of the molecule is Cc1cc(N(C)C)nc(CNC(=O)c2cncc(Br)c2)n1. The molecule has 0 aromatic carbocycles. The number of anilines is 1. The minimum atomic E-state index is -0.208. The number of halogens is 1. The van der Waals surface area contributed by atoms with Gasteiger partial charge in [-0.25, -0.2) is 9.97 Å². The molecule has 1 N–H and O–H groups in total. The molecule has 21 heavy (non-hydrogen) atoms. The van der Waals surface area contributed by atoms with E-state index in [1.54, 1.807) is 12.3 Å². The average molecular weight is 350 g/mol. The zero-order valence-electron chi connectivity index (χ0n) is 12.1. The monoisotopic (exact) mass is 349 g/mol. The summed E-state index contributed by atoms with van der Waals surface area (Å²) in [4.78, 5) is 26.6. The molecule has 0 aliphatic carbocycles. The fourth-order valence-electron chi connectivity index (χ4n) is 1.72. The highest BCUT2D eigenvalue weighted by atomic mass is 79.9. The minimum Gasteiger partial charge on any atom is -0.363 e. The zero-order chi connectivity index (χ0) is 15.4. The van der Waals surface area contributed by atoms with E-state index in [0.29, 0.717) is 11.4 Å². The van der Waals surface area contributed by atoms with Crippen LogP contribution in [0.2, 0.25) is 0 Å². The van der Waals surface area contributed by atoms with Gasteiger partial charge in [0.1, 0.15) is 11.6 Å². The molecule has 2 rings (SSSR count). The Balaban J connectivity index is 2.08. The Kier molecular flexibility index (Phi) is 4.85. The van der Waals surface area contributed by atoms with E-state index in [1.165, 1.54) is 6.20 Å². The molecule has 0 bridgehead atoms. The van der Waals surface area contributed by atoms with Crippen molar-refractivity contribution in [2.45, 2.75) is 13.5 Å². The maximum Gasteiger partial charge on any atom is 0.253 e. The molecule has 0 aliphatic heterocycles. The van der Waals surface area contributed by atoms with Crippen LogP contribution in [0.3, 0.4) is 0 Å². The van der Waals surface area contributed by atoms with E-state index in [0.717, 1.165) is 16.0 Å². The van der Waals surface area contributed by atoms with E-state index in [9.17, 15) is 4.79 Å². The van der Waals surface area contributed by atoms with E-state index in [4.69, 9.17) is 0 Å². The van der Waals surface area contributed by atoms with Crippen LogP contribution in [0, 0.1) is 6.92 Å². The molecule has 2 heterocycles. The molecule has 7 heteroatoms. The third-order valence-electron chi connectivity index (χ3n) is 2.72. The van der Waals surface area contributed by atoms with Gasteiger partial charge in [0.2, 0.25) is 0 Å². The number of hydrogen-bond acceptors (Lipinski definition) is 5.